The van der Waals surface area contributed by atoms with Gasteiger partial charge in [0.05, 0.1) is 12.3 Å². The fourth-order valence-corrected chi connectivity index (χ4v) is 5.85. The summed E-state index contributed by atoms with van der Waals surface area (Å²) in [6, 6.07) is 11.6. The van der Waals surface area contributed by atoms with Crippen molar-refractivity contribution >= 4 is 33.2 Å². The molecule has 2 aliphatic rings. The molecule has 0 aliphatic carbocycles. The van der Waals surface area contributed by atoms with Crippen molar-refractivity contribution in [2.45, 2.75) is 44.1 Å². The third kappa shape index (κ3) is 4.88. The second-order valence-electron chi connectivity index (χ2n) is 8.26. The van der Waals surface area contributed by atoms with Crippen LogP contribution in [-0.2, 0) is 19.6 Å². The maximum absolute atomic E-state index is 13.3. The van der Waals surface area contributed by atoms with Crippen molar-refractivity contribution in [3.05, 3.63) is 42.5 Å². The average Bonchev–Trinajstić information content (AvgIpc) is 2.83. The van der Waals surface area contributed by atoms with E-state index in [0.29, 0.717) is 36.8 Å². The first kappa shape index (κ1) is 24.0. The topological polar surface area (TPSA) is 105 Å². The summed E-state index contributed by atoms with van der Waals surface area (Å²) in [7, 11) is -3.78. The molecular formula is C24H29N3O6S. The highest BCUT2D eigenvalue weighted by Crippen LogP contribution is 2.34. The van der Waals surface area contributed by atoms with Crippen molar-refractivity contribution < 1.29 is 27.5 Å². The molecule has 34 heavy (non-hydrogen) atoms. The zero-order chi connectivity index (χ0) is 24.3. The number of nitrogens with zero attached hydrogens (tertiary/aromatic N) is 2. The molecule has 1 saturated heterocycles. The molecule has 2 aromatic rings. The van der Waals surface area contributed by atoms with E-state index in [0.717, 1.165) is 19.3 Å². The van der Waals surface area contributed by atoms with Crippen molar-refractivity contribution in [3.8, 4) is 11.5 Å². The Morgan fingerprint density at radius 2 is 1.88 bits per heavy atom. The summed E-state index contributed by atoms with van der Waals surface area (Å²) in [5.74, 6) is -0.00722. The Bertz CT molecular complexity index is 1180. The lowest BCUT2D eigenvalue weighted by atomic mass is 10.2. The Balaban J connectivity index is 1.57. The van der Waals surface area contributed by atoms with Crippen molar-refractivity contribution in [2.75, 3.05) is 36.5 Å². The second kappa shape index (κ2) is 10.0. The molecule has 2 aromatic carbocycles. The first-order valence-corrected chi connectivity index (χ1v) is 12.9. The molecule has 0 radical (unpaired) electrons. The van der Waals surface area contributed by atoms with Crippen LogP contribution >= 0.6 is 0 Å². The SMILES string of the molecule is CCOc1ccc(NC(=O)CN2C(=O)C(C)Oc3ccccc32)cc1S(=O)(=O)N1CCCCC1. The molecule has 9 nitrogen and oxygen atoms in total. The number of sulfonamides is 1. The van der Waals surface area contributed by atoms with E-state index in [9.17, 15) is 18.0 Å². The number of para-hydroxylation sites is 2. The highest BCUT2D eigenvalue weighted by atomic mass is 32.2. The van der Waals surface area contributed by atoms with E-state index in [1.807, 2.05) is 0 Å². The molecule has 1 fully saturated rings. The van der Waals surface area contributed by atoms with Gasteiger partial charge >= 0.3 is 0 Å². The van der Waals surface area contributed by atoms with Gasteiger partial charge in [0.1, 0.15) is 22.9 Å². The number of hydrogen-bond acceptors (Lipinski definition) is 6. The first-order valence-electron chi connectivity index (χ1n) is 11.4. The van der Waals surface area contributed by atoms with Gasteiger partial charge in [-0.15, -0.1) is 0 Å². The maximum Gasteiger partial charge on any atom is 0.268 e. The fraction of sp³-hybridized carbons (Fsp3) is 0.417. The number of carbonyl (C=O) groups is 2. The van der Waals surface area contributed by atoms with Crippen LogP contribution in [0.1, 0.15) is 33.1 Å². The smallest absolute Gasteiger partial charge is 0.268 e. The predicted molar refractivity (Wildman–Crippen MR) is 128 cm³/mol. The lowest BCUT2D eigenvalue weighted by Gasteiger charge is -2.32. The van der Waals surface area contributed by atoms with E-state index in [-0.39, 0.29) is 23.1 Å². The number of nitrogens with one attached hydrogen (secondary N) is 1. The van der Waals surface area contributed by atoms with Gasteiger partial charge in [-0.3, -0.25) is 14.5 Å². The molecule has 0 aromatic heterocycles. The van der Waals surface area contributed by atoms with Crippen molar-refractivity contribution in [1.29, 1.82) is 0 Å². The van der Waals surface area contributed by atoms with Crippen molar-refractivity contribution in [2.24, 2.45) is 0 Å². The zero-order valence-electron chi connectivity index (χ0n) is 19.3. The second-order valence-corrected chi connectivity index (χ2v) is 10.2. The number of benzene rings is 2. The van der Waals surface area contributed by atoms with Gasteiger partial charge in [0.25, 0.3) is 5.91 Å². The molecule has 4 rings (SSSR count). The Labute approximate surface area is 199 Å². The summed E-state index contributed by atoms with van der Waals surface area (Å²) in [4.78, 5) is 26.9. The number of rotatable bonds is 7. The van der Waals surface area contributed by atoms with Gasteiger partial charge in [0, 0.05) is 18.8 Å². The summed E-state index contributed by atoms with van der Waals surface area (Å²) in [6.45, 7) is 4.41. The minimum absolute atomic E-state index is 0.0236. The van der Waals surface area contributed by atoms with Crippen LogP contribution in [0.2, 0.25) is 0 Å². The van der Waals surface area contributed by atoms with Gasteiger partial charge < -0.3 is 14.8 Å². The highest BCUT2D eigenvalue weighted by molar-refractivity contribution is 7.89. The third-order valence-corrected chi connectivity index (χ3v) is 7.76. The minimum atomic E-state index is -3.78. The van der Waals surface area contributed by atoms with Crippen LogP contribution in [0.3, 0.4) is 0 Å². The monoisotopic (exact) mass is 487 g/mol. The maximum atomic E-state index is 13.3. The summed E-state index contributed by atoms with van der Waals surface area (Å²) < 4.78 is 39.3. The van der Waals surface area contributed by atoms with Crippen LogP contribution in [-0.4, -0.2) is 56.9 Å². The fourth-order valence-electron chi connectivity index (χ4n) is 4.17. The minimum Gasteiger partial charge on any atom is -0.492 e. The Morgan fingerprint density at radius 1 is 1.15 bits per heavy atom. The predicted octanol–water partition coefficient (Wildman–Crippen LogP) is 3.01. The number of ether oxygens (including phenoxy) is 2. The molecule has 2 aliphatic heterocycles. The van der Waals surface area contributed by atoms with Crippen LogP contribution in [0, 0.1) is 0 Å². The normalized spacial score (nSPS) is 18.7. The van der Waals surface area contributed by atoms with Crippen LogP contribution in [0.25, 0.3) is 0 Å². The molecule has 0 spiro atoms. The van der Waals surface area contributed by atoms with Crippen LogP contribution in [0.5, 0.6) is 11.5 Å². The van der Waals surface area contributed by atoms with Gasteiger partial charge in [0.2, 0.25) is 15.9 Å². The van der Waals surface area contributed by atoms with E-state index in [1.54, 1.807) is 50.2 Å². The van der Waals surface area contributed by atoms with Gasteiger partial charge in [-0.2, -0.15) is 4.31 Å². The molecular weight excluding hydrogens is 458 g/mol. The Morgan fingerprint density at radius 3 is 2.62 bits per heavy atom. The summed E-state index contributed by atoms with van der Waals surface area (Å²) in [6.07, 6.45) is 1.91. The molecule has 2 amide bonds. The standard InChI is InChI=1S/C24H29N3O6S/c1-3-32-21-12-11-18(15-22(21)34(30,31)26-13-7-4-8-14-26)25-23(28)16-27-19-9-5-6-10-20(19)33-17(2)24(27)29/h5-6,9-12,15,17H,3-4,7-8,13-14,16H2,1-2H3,(H,25,28). The molecule has 0 saturated carbocycles. The summed E-state index contributed by atoms with van der Waals surface area (Å²) in [5, 5.41) is 2.73. The summed E-state index contributed by atoms with van der Waals surface area (Å²) >= 11 is 0. The number of carbonyl (C=O) groups excluding carboxylic acids is 2. The van der Waals surface area contributed by atoms with Gasteiger partial charge in [-0.25, -0.2) is 8.42 Å². The van der Waals surface area contributed by atoms with E-state index in [4.69, 9.17) is 9.47 Å². The van der Waals surface area contributed by atoms with Crippen molar-refractivity contribution in [3.63, 3.8) is 0 Å². The molecule has 1 unspecified atom stereocenters. The van der Waals surface area contributed by atoms with Crippen molar-refractivity contribution in [1.82, 2.24) is 4.31 Å². The van der Waals surface area contributed by atoms with Crippen LogP contribution in [0.15, 0.2) is 47.4 Å². The highest BCUT2D eigenvalue weighted by Gasteiger charge is 2.33. The van der Waals surface area contributed by atoms with Gasteiger partial charge in [-0.05, 0) is 57.0 Å². The number of piperidine rings is 1. The summed E-state index contributed by atoms with van der Waals surface area (Å²) in [5.41, 5.74) is 0.826. The van der Waals surface area contributed by atoms with Gasteiger partial charge in [-0.1, -0.05) is 18.6 Å². The lowest BCUT2D eigenvalue weighted by Crippen LogP contribution is -2.47. The number of anilines is 2. The zero-order valence-corrected chi connectivity index (χ0v) is 20.1. The number of hydrogen-bond donors (Lipinski definition) is 1. The average molecular weight is 488 g/mol. The largest absolute Gasteiger partial charge is 0.492 e. The molecule has 10 heteroatoms. The molecule has 182 valence electrons. The molecule has 1 N–H and O–H groups in total. The number of amides is 2. The Hall–Kier alpha value is -3.11. The third-order valence-electron chi connectivity index (χ3n) is 5.84. The van der Waals surface area contributed by atoms with Gasteiger partial charge in [0.15, 0.2) is 6.10 Å². The quantitative estimate of drug-likeness (QED) is 0.644. The lowest BCUT2D eigenvalue weighted by molar-refractivity contribution is -0.127. The number of fused-ring (bicyclic) bond motifs is 1. The Kier molecular flexibility index (Phi) is 7.08. The molecule has 1 atom stereocenters. The molecule has 0 bridgehead atoms. The first-order chi connectivity index (χ1) is 16.3. The van der Waals surface area contributed by atoms with E-state index in [2.05, 4.69) is 5.32 Å². The van der Waals surface area contributed by atoms with Crippen LogP contribution in [0.4, 0.5) is 11.4 Å². The van der Waals surface area contributed by atoms with E-state index >= 15 is 0 Å². The van der Waals surface area contributed by atoms with Crippen LogP contribution < -0.4 is 19.7 Å². The van der Waals surface area contributed by atoms with E-state index in [1.165, 1.54) is 15.3 Å². The van der Waals surface area contributed by atoms with E-state index < -0.39 is 22.0 Å². The molecule has 2 heterocycles.